The Hall–Kier alpha value is -1.89. The van der Waals surface area contributed by atoms with Crippen molar-refractivity contribution >= 4 is 11.9 Å². The first-order valence-corrected chi connectivity index (χ1v) is 7.23. The molecule has 0 saturated carbocycles. The van der Waals surface area contributed by atoms with Crippen molar-refractivity contribution < 1.29 is 14.7 Å². The molecule has 3 heterocycles. The predicted molar refractivity (Wildman–Crippen MR) is 74.8 cm³/mol. The fraction of sp³-hybridized carbons (Fsp3) is 0.643. The van der Waals surface area contributed by atoms with E-state index in [0.29, 0.717) is 18.7 Å². The minimum atomic E-state index is -0.916. The Kier molecular flexibility index (Phi) is 3.44. The quantitative estimate of drug-likeness (QED) is 0.806. The van der Waals surface area contributed by atoms with Gasteiger partial charge in [0.25, 0.3) is 5.91 Å². The maximum atomic E-state index is 12.7. The lowest BCUT2D eigenvalue weighted by molar-refractivity contribution is -0.141. The zero-order valence-electron chi connectivity index (χ0n) is 12.1. The first-order valence-electron chi connectivity index (χ1n) is 7.23. The van der Waals surface area contributed by atoms with E-state index >= 15 is 0 Å². The highest BCUT2D eigenvalue weighted by atomic mass is 16.4. The molecule has 21 heavy (non-hydrogen) atoms. The number of piperidine rings is 1. The lowest BCUT2D eigenvalue weighted by Gasteiger charge is -2.33. The molecular formula is C14H20N4O3. The number of rotatable bonds is 2. The van der Waals surface area contributed by atoms with E-state index in [0.717, 1.165) is 25.9 Å². The Morgan fingerprint density at radius 1 is 1.43 bits per heavy atom. The fourth-order valence-electron chi connectivity index (χ4n) is 3.52. The molecule has 3 rings (SSSR count). The molecule has 1 aromatic rings. The van der Waals surface area contributed by atoms with Gasteiger partial charge in [-0.05, 0) is 37.8 Å². The standard InChI is InChI=1S/C14H20N4O3/c1-17-9-16-7-11(17)12(19)18-8-14(2-4-15-5-3-14)6-10(18)13(20)21/h7,9-10,15H,2-6,8H2,1H3,(H,20,21). The van der Waals surface area contributed by atoms with Crippen LogP contribution in [-0.2, 0) is 11.8 Å². The monoisotopic (exact) mass is 292 g/mol. The average molecular weight is 292 g/mol. The van der Waals surface area contributed by atoms with Gasteiger partial charge in [0.15, 0.2) is 0 Å². The molecule has 2 fully saturated rings. The molecule has 0 bridgehead atoms. The Balaban J connectivity index is 1.87. The van der Waals surface area contributed by atoms with Crippen molar-refractivity contribution in [1.29, 1.82) is 0 Å². The van der Waals surface area contributed by atoms with E-state index in [4.69, 9.17) is 0 Å². The maximum Gasteiger partial charge on any atom is 0.326 e. The van der Waals surface area contributed by atoms with Crippen LogP contribution in [0, 0.1) is 5.41 Å². The maximum absolute atomic E-state index is 12.7. The number of imidazole rings is 1. The number of carboxylic acids is 1. The minimum absolute atomic E-state index is 0.0530. The summed E-state index contributed by atoms with van der Waals surface area (Å²) in [4.78, 5) is 29.7. The fourth-order valence-corrected chi connectivity index (χ4v) is 3.52. The normalized spacial score (nSPS) is 24.4. The number of nitrogens with one attached hydrogen (secondary N) is 1. The van der Waals surface area contributed by atoms with Gasteiger partial charge in [-0.2, -0.15) is 0 Å². The topological polar surface area (TPSA) is 87.5 Å². The third-order valence-electron chi connectivity index (χ3n) is 4.75. The van der Waals surface area contributed by atoms with Crippen LogP contribution in [0.4, 0.5) is 0 Å². The van der Waals surface area contributed by atoms with E-state index in [9.17, 15) is 14.7 Å². The van der Waals surface area contributed by atoms with Gasteiger partial charge in [-0.25, -0.2) is 9.78 Å². The lowest BCUT2D eigenvalue weighted by Crippen LogP contribution is -2.42. The molecule has 1 amide bonds. The molecule has 114 valence electrons. The van der Waals surface area contributed by atoms with Gasteiger partial charge >= 0.3 is 5.97 Å². The van der Waals surface area contributed by atoms with Gasteiger partial charge in [-0.1, -0.05) is 0 Å². The van der Waals surface area contributed by atoms with E-state index in [-0.39, 0.29) is 11.3 Å². The van der Waals surface area contributed by atoms with Gasteiger partial charge in [0.2, 0.25) is 0 Å². The van der Waals surface area contributed by atoms with Gasteiger partial charge < -0.3 is 19.9 Å². The van der Waals surface area contributed by atoms with Crippen LogP contribution in [0.15, 0.2) is 12.5 Å². The summed E-state index contributed by atoms with van der Waals surface area (Å²) < 4.78 is 1.63. The molecule has 0 aliphatic carbocycles. The minimum Gasteiger partial charge on any atom is -0.480 e. The van der Waals surface area contributed by atoms with E-state index < -0.39 is 12.0 Å². The number of carbonyl (C=O) groups is 2. The molecule has 7 nitrogen and oxygen atoms in total. The Bertz CT molecular complexity index is 562. The third-order valence-corrected chi connectivity index (χ3v) is 4.75. The number of carboxylic acid groups (broad SMARTS) is 1. The zero-order valence-corrected chi connectivity index (χ0v) is 12.1. The second-order valence-corrected chi connectivity index (χ2v) is 6.13. The predicted octanol–water partition coefficient (Wildman–Crippen LogP) is 0.0890. The number of likely N-dealkylation sites (tertiary alicyclic amines) is 1. The van der Waals surface area contributed by atoms with Gasteiger partial charge in [0.1, 0.15) is 11.7 Å². The van der Waals surface area contributed by atoms with Crippen LogP contribution in [0.5, 0.6) is 0 Å². The molecule has 1 atom stereocenters. The van der Waals surface area contributed by atoms with Crippen molar-refractivity contribution in [3.05, 3.63) is 18.2 Å². The Labute approximate surface area is 122 Å². The van der Waals surface area contributed by atoms with Gasteiger partial charge in [0, 0.05) is 13.6 Å². The second-order valence-electron chi connectivity index (χ2n) is 6.13. The Morgan fingerprint density at radius 2 is 2.14 bits per heavy atom. The van der Waals surface area contributed by atoms with E-state index in [1.807, 2.05) is 0 Å². The molecule has 2 N–H and O–H groups in total. The summed E-state index contributed by atoms with van der Waals surface area (Å²) in [7, 11) is 1.74. The summed E-state index contributed by atoms with van der Waals surface area (Å²) in [5.74, 6) is -1.15. The largest absolute Gasteiger partial charge is 0.480 e. The van der Waals surface area contributed by atoms with Crippen molar-refractivity contribution in [2.24, 2.45) is 12.5 Å². The van der Waals surface area contributed by atoms with Crippen molar-refractivity contribution in [2.75, 3.05) is 19.6 Å². The number of aryl methyl sites for hydroxylation is 1. The smallest absolute Gasteiger partial charge is 0.326 e. The van der Waals surface area contributed by atoms with Crippen LogP contribution in [-0.4, -0.2) is 57.1 Å². The number of hydrogen-bond donors (Lipinski definition) is 2. The van der Waals surface area contributed by atoms with E-state index in [1.165, 1.54) is 11.1 Å². The average Bonchev–Trinajstić information content (AvgIpc) is 3.04. The summed E-state index contributed by atoms with van der Waals surface area (Å²) >= 11 is 0. The van der Waals surface area contributed by atoms with Gasteiger partial charge in [-0.3, -0.25) is 4.79 Å². The number of aromatic nitrogens is 2. The molecule has 2 saturated heterocycles. The molecule has 1 aromatic heterocycles. The highest BCUT2D eigenvalue weighted by Crippen LogP contribution is 2.42. The number of aliphatic carboxylic acids is 1. The van der Waals surface area contributed by atoms with Gasteiger partial charge in [0.05, 0.1) is 12.5 Å². The van der Waals surface area contributed by atoms with Crippen molar-refractivity contribution in [2.45, 2.75) is 25.3 Å². The first kappa shape index (κ1) is 14.1. The summed E-state index contributed by atoms with van der Waals surface area (Å²) in [6.45, 7) is 2.30. The number of hydrogen-bond acceptors (Lipinski definition) is 4. The van der Waals surface area contributed by atoms with Crippen molar-refractivity contribution in [1.82, 2.24) is 19.8 Å². The summed E-state index contributed by atoms with van der Waals surface area (Å²) in [5, 5.41) is 12.8. The molecule has 0 aromatic carbocycles. The van der Waals surface area contributed by atoms with Crippen molar-refractivity contribution in [3.63, 3.8) is 0 Å². The van der Waals surface area contributed by atoms with E-state index in [2.05, 4.69) is 10.3 Å². The van der Waals surface area contributed by atoms with Crippen LogP contribution < -0.4 is 5.32 Å². The second kappa shape index (κ2) is 5.14. The summed E-state index contributed by atoms with van der Waals surface area (Å²) in [5.41, 5.74) is 0.384. The molecule has 0 radical (unpaired) electrons. The molecule has 7 heteroatoms. The molecule has 1 spiro atoms. The van der Waals surface area contributed by atoms with Crippen LogP contribution in [0.2, 0.25) is 0 Å². The Morgan fingerprint density at radius 3 is 2.71 bits per heavy atom. The highest BCUT2D eigenvalue weighted by molar-refractivity contribution is 5.95. The molecule has 2 aliphatic rings. The summed E-state index contributed by atoms with van der Waals surface area (Å²) in [6, 6.07) is -0.731. The third kappa shape index (κ3) is 2.42. The number of carbonyl (C=O) groups excluding carboxylic acids is 1. The number of nitrogens with zero attached hydrogens (tertiary/aromatic N) is 3. The number of amides is 1. The van der Waals surface area contributed by atoms with E-state index in [1.54, 1.807) is 17.9 Å². The van der Waals surface area contributed by atoms with Crippen molar-refractivity contribution in [3.8, 4) is 0 Å². The van der Waals surface area contributed by atoms with Crippen LogP contribution >= 0.6 is 0 Å². The van der Waals surface area contributed by atoms with Crippen LogP contribution in [0.3, 0.4) is 0 Å². The zero-order chi connectivity index (χ0) is 15.0. The molecule has 2 aliphatic heterocycles. The first-order chi connectivity index (χ1) is 10.0. The highest BCUT2D eigenvalue weighted by Gasteiger charge is 2.49. The lowest BCUT2D eigenvalue weighted by atomic mass is 9.77. The molecule has 1 unspecified atom stereocenters. The van der Waals surface area contributed by atoms with Gasteiger partial charge in [-0.15, -0.1) is 0 Å². The van der Waals surface area contributed by atoms with Crippen LogP contribution in [0.1, 0.15) is 29.8 Å². The SMILES string of the molecule is Cn1cncc1C(=O)N1CC2(CCNCC2)CC1C(=O)O. The molecular weight excluding hydrogens is 272 g/mol. The van der Waals surface area contributed by atoms with Crippen LogP contribution in [0.25, 0.3) is 0 Å². The summed E-state index contributed by atoms with van der Waals surface area (Å²) in [6.07, 6.45) is 5.44.